The minimum Gasteiger partial charge on any atom is -0.317 e. The van der Waals surface area contributed by atoms with E-state index in [4.69, 9.17) is 11.6 Å². The molecular formula is C13H19Cl2N. The summed E-state index contributed by atoms with van der Waals surface area (Å²) in [5, 5.41) is 4.26. The molecule has 0 bridgehead atoms. The lowest BCUT2D eigenvalue weighted by molar-refractivity contribution is 0.298. The Morgan fingerprint density at radius 3 is 2.25 bits per heavy atom. The minimum atomic E-state index is 0. The average Bonchev–Trinajstić information content (AvgIpc) is 2.31. The first kappa shape index (κ1) is 13.8. The number of piperidine rings is 1. The van der Waals surface area contributed by atoms with E-state index in [9.17, 15) is 0 Å². The molecule has 0 atom stereocenters. The predicted octanol–water partition coefficient (Wildman–Crippen LogP) is 3.79. The minimum absolute atomic E-state index is 0. The van der Waals surface area contributed by atoms with Gasteiger partial charge in [-0.05, 0) is 55.5 Å². The summed E-state index contributed by atoms with van der Waals surface area (Å²) in [4.78, 5) is 0. The van der Waals surface area contributed by atoms with E-state index >= 15 is 0 Å². The third kappa shape index (κ3) is 2.71. The fourth-order valence-electron chi connectivity index (χ4n) is 2.56. The number of benzene rings is 1. The van der Waals surface area contributed by atoms with Gasteiger partial charge in [0.15, 0.2) is 0 Å². The third-order valence-electron chi connectivity index (χ3n) is 3.69. The molecule has 0 saturated carbocycles. The Morgan fingerprint density at radius 1 is 1.19 bits per heavy atom. The van der Waals surface area contributed by atoms with E-state index in [0.717, 1.165) is 18.1 Å². The predicted molar refractivity (Wildman–Crippen MR) is 72.8 cm³/mol. The summed E-state index contributed by atoms with van der Waals surface area (Å²) in [6.07, 6.45) is 3.70. The van der Waals surface area contributed by atoms with Crippen LogP contribution in [0.1, 0.15) is 31.7 Å². The maximum absolute atomic E-state index is 5.93. The number of rotatable bonds is 2. The van der Waals surface area contributed by atoms with Crippen LogP contribution in [0.3, 0.4) is 0 Å². The number of hydrogen-bond donors (Lipinski definition) is 1. The van der Waals surface area contributed by atoms with Crippen LogP contribution in [0.15, 0.2) is 24.3 Å². The summed E-state index contributed by atoms with van der Waals surface area (Å²) in [6, 6.07) is 8.40. The molecule has 1 aliphatic rings. The molecule has 2 rings (SSSR count). The van der Waals surface area contributed by atoms with Gasteiger partial charge in [-0.15, -0.1) is 12.4 Å². The molecule has 1 nitrogen and oxygen atoms in total. The van der Waals surface area contributed by atoms with Gasteiger partial charge in [0.2, 0.25) is 0 Å². The van der Waals surface area contributed by atoms with Gasteiger partial charge in [0.1, 0.15) is 0 Å². The summed E-state index contributed by atoms with van der Waals surface area (Å²) < 4.78 is 0. The molecule has 1 N–H and O–H groups in total. The monoisotopic (exact) mass is 259 g/mol. The lowest BCUT2D eigenvalue weighted by atomic mass is 9.71. The maximum Gasteiger partial charge on any atom is 0.0406 e. The second-order valence-electron chi connectivity index (χ2n) is 4.39. The standard InChI is InChI=1S/C13H18ClN.ClH/c1-2-13(7-9-15-10-8-13)11-3-5-12(14)6-4-11;/h3-6,15H,2,7-10H2,1H3;1H. The number of nitrogens with one attached hydrogen (secondary N) is 1. The van der Waals surface area contributed by atoms with Gasteiger partial charge < -0.3 is 5.32 Å². The van der Waals surface area contributed by atoms with Gasteiger partial charge in [-0.3, -0.25) is 0 Å². The summed E-state index contributed by atoms with van der Waals surface area (Å²) in [7, 11) is 0. The first-order chi connectivity index (χ1) is 7.27. The quantitative estimate of drug-likeness (QED) is 0.853. The fraction of sp³-hybridized carbons (Fsp3) is 0.538. The van der Waals surface area contributed by atoms with Crippen molar-refractivity contribution in [2.24, 2.45) is 0 Å². The topological polar surface area (TPSA) is 12.0 Å². The van der Waals surface area contributed by atoms with E-state index in [1.165, 1.54) is 24.8 Å². The molecule has 16 heavy (non-hydrogen) atoms. The Kier molecular flexibility index (Phi) is 5.10. The molecule has 0 aliphatic carbocycles. The molecule has 90 valence electrons. The molecule has 1 saturated heterocycles. The first-order valence-electron chi connectivity index (χ1n) is 5.74. The van der Waals surface area contributed by atoms with Crippen LogP contribution in [-0.4, -0.2) is 13.1 Å². The van der Waals surface area contributed by atoms with Gasteiger partial charge in [-0.25, -0.2) is 0 Å². The zero-order chi connectivity index (χ0) is 10.7. The lowest BCUT2D eigenvalue weighted by Gasteiger charge is -2.37. The number of hydrogen-bond acceptors (Lipinski definition) is 1. The van der Waals surface area contributed by atoms with Gasteiger partial charge in [0.05, 0.1) is 0 Å². The van der Waals surface area contributed by atoms with Crippen LogP contribution in [0.25, 0.3) is 0 Å². The molecule has 1 aromatic carbocycles. The van der Waals surface area contributed by atoms with Crippen LogP contribution in [0.5, 0.6) is 0 Å². The van der Waals surface area contributed by atoms with Gasteiger partial charge in [-0.1, -0.05) is 30.7 Å². The smallest absolute Gasteiger partial charge is 0.0406 e. The lowest BCUT2D eigenvalue weighted by Crippen LogP contribution is -2.39. The zero-order valence-electron chi connectivity index (χ0n) is 9.63. The van der Waals surface area contributed by atoms with E-state index in [-0.39, 0.29) is 12.4 Å². The average molecular weight is 260 g/mol. The number of halogens is 2. The Morgan fingerprint density at radius 2 is 1.75 bits per heavy atom. The van der Waals surface area contributed by atoms with E-state index < -0.39 is 0 Å². The third-order valence-corrected chi connectivity index (χ3v) is 3.95. The Balaban J connectivity index is 0.00000128. The van der Waals surface area contributed by atoms with Crippen LogP contribution >= 0.6 is 24.0 Å². The van der Waals surface area contributed by atoms with Gasteiger partial charge in [0.25, 0.3) is 0 Å². The van der Waals surface area contributed by atoms with Gasteiger partial charge in [0, 0.05) is 5.02 Å². The van der Waals surface area contributed by atoms with Crippen molar-refractivity contribution in [1.82, 2.24) is 5.32 Å². The van der Waals surface area contributed by atoms with Crippen molar-refractivity contribution in [2.45, 2.75) is 31.6 Å². The Labute approximate surface area is 109 Å². The molecule has 1 aromatic rings. The van der Waals surface area contributed by atoms with Crippen molar-refractivity contribution in [1.29, 1.82) is 0 Å². The molecule has 0 unspecified atom stereocenters. The van der Waals surface area contributed by atoms with Crippen LogP contribution in [0, 0.1) is 0 Å². The summed E-state index contributed by atoms with van der Waals surface area (Å²) in [5.74, 6) is 0. The highest BCUT2D eigenvalue weighted by Gasteiger charge is 2.31. The molecule has 3 heteroatoms. The van der Waals surface area contributed by atoms with E-state index in [1.807, 2.05) is 12.1 Å². The molecule has 1 fully saturated rings. The van der Waals surface area contributed by atoms with Crippen molar-refractivity contribution in [2.75, 3.05) is 13.1 Å². The Bertz CT molecular complexity index is 315. The highest BCUT2D eigenvalue weighted by Crippen LogP contribution is 2.36. The molecule has 0 spiro atoms. The second kappa shape index (κ2) is 5.90. The molecule has 0 radical (unpaired) electrons. The van der Waals surface area contributed by atoms with E-state index in [0.29, 0.717) is 5.41 Å². The molecule has 1 aliphatic heterocycles. The fourth-order valence-corrected chi connectivity index (χ4v) is 2.68. The van der Waals surface area contributed by atoms with Crippen molar-refractivity contribution in [3.63, 3.8) is 0 Å². The zero-order valence-corrected chi connectivity index (χ0v) is 11.2. The molecule has 0 aromatic heterocycles. The van der Waals surface area contributed by atoms with Crippen molar-refractivity contribution in [3.8, 4) is 0 Å². The molecule has 1 heterocycles. The first-order valence-corrected chi connectivity index (χ1v) is 6.11. The Hall–Kier alpha value is -0.240. The van der Waals surface area contributed by atoms with Crippen molar-refractivity contribution < 1.29 is 0 Å². The van der Waals surface area contributed by atoms with Gasteiger partial charge >= 0.3 is 0 Å². The van der Waals surface area contributed by atoms with E-state index in [2.05, 4.69) is 24.4 Å². The summed E-state index contributed by atoms with van der Waals surface area (Å²) in [5.41, 5.74) is 1.84. The summed E-state index contributed by atoms with van der Waals surface area (Å²) >= 11 is 5.93. The summed E-state index contributed by atoms with van der Waals surface area (Å²) in [6.45, 7) is 4.56. The van der Waals surface area contributed by atoms with Crippen LogP contribution in [0.4, 0.5) is 0 Å². The van der Waals surface area contributed by atoms with Crippen LogP contribution in [-0.2, 0) is 5.41 Å². The van der Waals surface area contributed by atoms with Crippen LogP contribution < -0.4 is 5.32 Å². The van der Waals surface area contributed by atoms with Crippen molar-refractivity contribution >= 4 is 24.0 Å². The SMILES string of the molecule is CCC1(c2ccc(Cl)cc2)CCNCC1.Cl. The largest absolute Gasteiger partial charge is 0.317 e. The van der Waals surface area contributed by atoms with E-state index in [1.54, 1.807) is 0 Å². The highest BCUT2D eigenvalue weighted by molar-refractivity contribution is 6.30. The second-order valence-corrected chi connectivity index (χ2v) is 4.83. The molecule has 0 amide bonds. The normalized spacial score (nSPS) is 18.9. The molecular weight excluding hydrogens is 241 g/mol. The highest BCUT2D eigenvalue weighted by atomic mass is 35.5. The van der Waals surface area contributed by atoms with Crippen LogP contribution in [0.2, 0.25) is 5.02 Å². The maximum atomic E-state index is 5.93. The van der Waals surface area contributed by atoms with Gasteiger partial charge in [-0.2, -0.15) is 0 Å². The van der Waals surface area contributed by atoms with Crippen molar-refractivity contribution in [3.05, 3.63) is 34.9 Å².